The van der Waals surface area contributed by atoms with Crippen LogP contribution < -0.4 is 5.73 Å². The van der Waals surface area contributed by atoms with Crippen LogP contribution in [0.5, 0.6) is 0 Å². The number of nitrogens with two attached hydrogens (primary N) is 1. The maximum atomic E-state index is 13.1. The second-order valence-electron chi connectivity index (χ2n) is 8.60. The largest absolute Gasteiger partial charge is 0.416 e. The first kappa shape index (κ1) is 27.5. The van der Waals surface area contributed by atoms with E-state index in [1.807, 2.05) is 24.3 Å². The van der Waals surface area contributed by atoms with E-state index in [2.05, 4.69) is 4.98 Å². The summed E-state index contributed by atoms with van der Waals surface area (Å²) >= 11 is 0. The molecule has 39 heavy (non-hydrogen) atoms. The molecule has 0 radical (unpaired) electrons. The summed E-state index contributed by atoms with van der Waals surface area (Å²) < 4.78 is 83.1. The molecule has 1 heterocycles. The van der Waals surface area contributed by atoms with E-state index in [4.69, 9.17) is 10.5 Å². The minimum atomic E-state index is -4.71. The molecule has 0 aliphatic rings. The number of hydrogen-bond acceptors (Lipinski definition) is 4. The van der Waals surface area contributed by atoms with Gasteiger partial charge in [0.25, 0.3) is 0 Å². The molecule has 0 saturated heterocycles. The van der Waals surface area contributed by atoms with Crippen molar-refractivity contribution in [2.75, 3.05) is 5.73 Å². The van der Waals surface area contributed by atoms with Crippen molar-refractivity contribution in [1.29, 1.82) is 0 Å². The monoisotopic (exact) mass is 546 g/mol. The van der Waals surface area contributed by atoms with Crippen LogP contribution >= 0.6 is 0 Å². The Balaban J connectivity index is 1.60. The zero-order valence-corrected chi connectivity index (χ0v) is 20.0. The molecular formula is C28H20F6N2O3. The van der Waals surface area contributed by atoms with E-state index in [1.165, 1.54) is 0 Å². The second kappa shape index (κ2) is 10.7. The number of hydrogen-bond donors (Lipinski definition) is 2. The van der Waals surface area contributed by atoms with Gasteiger partial charge < -0.3 is 15.5 Å². The quantitative estimate of drug-likeness (QED) is 0.0679. The number of benzene rings is 3. The summed E-state index contributed by atoms with van der Waals surface area (Å²) in [4.78, 5) is 28.6. The normalized spacial score (nSPS) is 12.5. The average Bonchev–Trinajstić information content (AvgIpc) is 3.28. The highest BCUT2D eigenvalue weighted by atomic mass is 19.4. The van der Waals surface area contributed by atoms with Crippen LogP contribution in [-0.4, -0.2) is 16.9 Å². The van der Waals surface area contributed by atoms with E-state index in [0.717, 1.165) is 52.9 Å². The summed E-state index contributed by atoms with van der Waals surface area (Å²) in [5.74, 6) is -2.13. The topological polar surface area (TPSA) is 85.2 Å². The number of nitrogens with one attached hydrogen (secondary N) is 1. The van der Waals surface area contributed by atoms with Gasteiger partial charge in [0.2, 0.25) is 0 Å². The number of alkyl halides is 6. The van der Waals surface area contributed by atoms with Crippen molar-refractivity contribution in [1.82, 2.24) is 4.98 Å². The lowest BCUT2D eigenvalue weighted by Crippen LogP contribution is -2.15. The first-order valence-corrected chi connectivity index (χ1v) is 11.5. The summed E-state index contributed by atoms with van der Waals surface area (Å²) in [6, 6.07) is 13.3. The number of H-pyrrole nitrogens is 1. The predicted molar refractivity (Wildman–Crippen MR) is 133 cm³/mol. The molecule has 0 fully saturated rings. The number of ether oxygens (including phenoxy) is 1. The van der Waals surface area contributed by atoms with E-state index in [1.54, 1.807) is 6.20 Å². The summed E-state index contributed by atoms with van der Waals surface area (Å²) in [5, 5.41) is 0.886. The third-order valence-corrected chi connectivity index (χ3v) is 5.92. The Hall–Kier alpha value is -4.54. The first-order chi connectivity index (χ1) is 18.3. The van der Waals surface area contributed by atoms with Crippen molar-refractivity contribution in [2.24, 2.45) is 0 Å². The van der Waals surface area contributed by atoms with Crippen LogP contribution in [0.2, 0.25) is 0 Å². The zero-order chi connectivity index (χ0) is 28.4. The molecule has 202 valence electrons. The number of para-hydroxylation sites is 1. The number of fused-ring (bicyclic) bond motifs is 1. The van der Waals surface area contributed by atoms with Crippen molar-refractivity contribution in [2.45, 2.75) is 25.2 Å². The molecule has 3 aromatic carbocycles. The van der Waals surface area contributed by atoms with E-state index >= 15 is 0 Å². The molecule has 0 saturated carbocycles. The fourth-order valence-corrected chi connectivity index (χ4v) is 3.95. The molecule has 0 aliphatic carbocycles. The Morgan fingerprint density at radius 3 is 2.15 bits per heavy atom. The number of esters is 2. The van der Waals surface area contributed by atoms with Gasteiger partial charge in [-0.05, 0) is 54.0 Å². The summed E-state index contributed by atoms with van der Waals surface area (Å²) in [6.07, 6.45) is -6.45. The van der Waals surface area contributed by atoms with Crippen LogP contribution in [0.1, 0.15) is 34.2 Å². The highest BCUT2D eigenvalue weighted by Gasteiger charge is 2.32. The number of rotatable bonds is 6. The molecule has 3 N–H and O–H groups in total. The third-order valence-electron chi connectivity index (χ3n) is 5.92. The van der Waals surface area contributed by atoms with Gasteiger partial charge in [-0.15, -0.1) is 0 Å². The Kier molecular flexibility index (Phi) is 7.53. The number of aromatic amines is 1. The van der Waals surface area contributed by atoms with E-state index in [9.17, 15) is 35.9 Å². The number of carbonyl (C=O) groups is 2. The summed E-state index contributed by atoms with van der Waals surface area (Å²) in [6.45, 7) is 0. The lowest BCUT2D eigenvalue weighted by Gasteiger charge is -2.13. The number of carbonyl (C=O) groups excluding carboxylic acids is 2. The molecule has 4 rings (SSSR count). The molecule has 5 nitrogen and oxygen atoms in total. The summed E-state index contributed by atoms with van der Waals surface area (Å²) in [7, 11) is 0. The summed E-state index contributed by atoms with van der Waals surface area (Å²) in [5.41, 5.74) is 4.54. The van der Waals surface area contributed by atoms with Crippen LogP contribution in [0.4, 0.5) is 32.0 Å². The molecule has 0 unspecified atom stereocenters. The maximum absolute atomic E-state index is 13.1. The van der Waals surface area contributed by atoms with Crippen molar-refractivity contribution in [3.63, 3.8) is 0 Å². The van der Waals surface area contributed by atoms with Gasteiger partial charge in [0.1, 0.15) is 0 Å². The number of aryl methyl sites for hydroxylation is 1. The van der Waals surface area contributed by atoms with Crippen LogP contribution in [0, 0.1) is 0 Å². The first-order valence-electron chi connectivity index (χ1n) is 11.5. The van der Waals surface area contributed by atoms with E-state index in [-0.39, 0.29) is 24.0 Å². The Morgan fingerprint density at radius 1 is 0.872 bits per heavy atom. The number of aromatic nitrogens is 1. The lowest BCUT2D eigenvalue weighted by molar-refractivity contribution is -0.155. The highest BCUT2D eigenvalue weighted by Crippen LogP contribution is 2.35. The van der Waals surface area contributed by atoms with E-state index in [0.29, 0.717) is 12.1 Å². The lowest BCUT2D eigenvalue weighted by atomic mass is 9.98. The van der Waals surface area contributed by atoms with Crippen molar-refractivity contribution in [3.05, 3.63) is 101 Å². The fourth-order valence-electron chi connectivity index (χ4n) is 3.95. The minimum Gasteiger partial charge on any atom is -0.398 e. The van der Waals surface area contributed by atoms with Gasteiger partial charge in [-0.25, -0.2) is 4.79 Å². The van der Waals surface area contributed by atoms with Gasteiger partial charge in [-0.2, -0.15) is 26.3 Å². The predicted octanol–water partition coefficient (Wildman–Crippen LogP) is 7.03. The average molecular weight is 546 g/mol. The Morgan fingerprint density at radius 2 is 1.51 bits per heavy atom. The molecule has 0 bridgehead atoms. The van der Waals surface area contributed by atoms with Gasteiger partial charge in [0.05, 0.1) is 23.1 Å². The zero-order valence-electron chi connectivity index (χ0n) is 20.0. The SMILES string of the molecule is Nc1cc(C(F)(F)F)ccc1/C(=C\c1ccc(C(F)(F)F)cc1)C(=O)OC(=O)CCc1c[nH]c2ccccc12. The Bertz CT molecular complexity index is 1550. The molecule has 0 aliphatic heterocycles. The smallest absolute Gasteiger partial charge is 0.398 e. The van der Waals surface area contributed by atoms with Crippen molar-refractivity contribution in [3.8, 4) is 0 Å². The Labute approximate surface area is 217 Å². The van der Waals surface area contributed by atoms with Gasteiger partial charge in [0.15, 0.2) is 0 Å². The number of anilines is 1. The van der Waals surface area contributed by atoms with Crippen LogP contribution in [0.25, 0.3) is 22.6 Å². The minimum absolute atomic E-state index is 0.0977. The van der Waals surface area contributed by atoms with Crippen molar-refractivity contribution < 1.29 is 40.7 Å². The molecule has 0 amide bonds. The van der Waals surface area contributed by atoms with Gasteiger partial charge in [-0.1, -0.05) is 36.4 Å². The highest BCUT2D eigenvalue weighted by molar-refractivity contribution is 6.24. The second-order valence-corrected chi connectivity index (χ2v) is 8.60. The van der Waals surface area contributed by atoms with Crippen LogP contribution in [-0.2, 0) is 33.1 Å². The van der Waals surface area contributed by atoms with E-state index < -0.39 is 46.7 Å². The maximum Gasteiger partial charge on any atom is 0.416 e. The fraction of sp³-hybridized carbons (Fsp3) is 0.143. The molecule has 0 atom stereocenters. The standard InChI is InChI=1S/C28H20F6N2O3/c29-27(30,31)18-8-5-16(6-9-18)13-22(21-11-10-19(14-23(21)35)28(32,33)34)26(38)39-25(37)12-7-17-15-36-24-4-2-1-3-20(17)24/h1-6,8-11,13-15,36H,7,12,35H2/b22-13+. The van der Waals surface area contributed by atoms with Gasteiger partial charge in [0, 0.05) is 28.4 Å². The molecule has 11 heteroatoms. The van der Waals surface area contributed by atoms with Gasteiger partial charge in [-0.3, -0.25) is 4.79 Å². The molecule has 0 spiro atoms. The van der Waals surface area contributed by atoms with Crippen molar-refractivity contribution >= 4 is 40.2 Å². The van der Waals surface area contributed by atoms with Crippen LogP contribution in [0.15, 0.2) is 72.9 Å². The molecular weight excluding hydrogens is 526 g/mol. The van der Waals surface area contributed by atoms with Crippen LogP contribution in [0.3, 0.4) is 0 Å². The number of halogens is 6. The molecule has 1 aromatic heterocycles. The molecule has 4 aromatic rings. The third kappa shape index (κ3) is 6.49. The van der Waals surface area contributed by atoms with Gasteiger partial charge >= 0.3 is 24.3 Å². The number of nitrogen functional groups attached to an aromatic ring is 1.